The molecule has 0 aliphatic carbocycles. The van der Waals surface area contributed by atoms with Crippen molar-refractivity contribution in [3.63, 3.8) is 0 Å². The predicted molar refractivity (Wildman–Crippen MR) is 127 cm³/mol. The number of hydrogen-bond acceptors (Lipinski definition) is 8. The summed E-state index contributed by atoms with van der Waals surface area (Å²) in [5, 5.41) is 16.7. The van der Waals surface area contributed by atoms with Crippen molar-refractivity contribution < 1.29 is 0 Å². The quantitative estimate of drug-likeness (QED) is 0.550. The molecular weight excluding hydrogens is 402 g/mol. The molecular formula is C23H31N9. The highest BCUT2D eigenvalue weighted by atomic mass is 15.4. The van der Waals surface area contributed by atoms with Gasteiger partial charge in [0.05, 0.1) is 11.6 Å². The molecule has 168 valence electrons. The number of nitrogens with zero attached hydrogens (tertiary/aromatic N) is 5. The minimum absolute atomic E-state index is 0.336. The predicted octanol–water partition coefficient (Wildman–Crippen LogP) is 2.91. The Morgan fingerprint density at radius 1 is 1.25 bits per heavy atom. The summed E-state index contributed by atoms with van der Waals surface area (Å²) in [6.45, 7) is 3.01. The van der Waals surface area contributed by atoms with E-state index in [4.69, 9.17) is 20.2 Å². The summed E-state index contributed by atoms with van der Waals surface area (Å²) in [6.07, 6.45) is 6.01. The number of aromatic nitrogens is 2. The van der Waals surface area contributed by atoms with Gasteiger partial charge < -0.3 is 16.1 Å². The standard InChI is InChI=1S/C23H31N9/c1-14-10-21(31-30-14)28-22-19-7-4-15(25-2)13-20(19)27-23(29-22)26-16-11-17-5-6-18(12-16)32(17)9-3-8-24/h4,7,13-14,16-18,25,30H,3,5-6,9-12H2,1-2H3,(H2,26,27,28,29,31)/t14?,16?,17-,18+. The van der Waals surface area contributed by atoms with E-state index in [1.54, 1.807) is 0 Å². The average Bonchev–Trinajstić information content (AvgIpc) is 3.30. The van der Waals surface area contributed by atoms with Crippen LogP contribution in [-0.4, -0.2) is 58.5 Å². The molecule has 4 heterocycles. The van der Waals surface area contributed by atoms with Gasteiger partial charge in [0.1, 0.15) is 5.84 Å². The van der Waals surface area contributed by atoms with Crippen LogP contribution in [0.5, 0.6) is 0 Å². The maximum absolute atomic E-state index is 8.97. The molecule has 4 atom stereocenters. The van der Waals surface area contributed by atoms with E-state index in [0.29, 0.717) is 42.4 Å². The van der Waals surface area contributed by atoms with Gasteiger partial charge in [-0.2, -0.15) is 10.2 Å². The minimum atomic E-state index is 0.336. The van der Waals surface area contributed by atoms with E-state index in [9.17, 15) is 0 Å². The van der Waals surface area contributed by atoms with Crippen LogP contribution < -0.4 is 21.5 Å². The van der Waals surface area contributed by atoms with Gasteiger partial charge in [0.25, 0.3) is 0 Å². The molecule has 3 aliphatic heterocycles. The number of nitriles is 1. The number of amidine groups is 1. The molecule has 9 heteroatoms. The lowest BCUT2D eigenvalue weighted by Crippen LogP contribution is -2.47. The van der Waals surface area contributed by atoms with Crippen LogP contribution in [0.4, 0.5) is 17.5 Å². The Kier molecular flexibility index (Phi) is 5.81. The second-order valence-electron chi connectivity index (χ2n) is 9.13. The first-order valence-corrected chi connectivity index (χ1v) is 11.6. The van der Waals surface area contributed by atoms with Gasteiger partial charge >= 0.3 is 0 Å². The molecule has 2 aromatic rings. The number of hydrogen-bond donors (Lipinski definition) is 4. The van der Waals surface area contributed by atoms with Crippen LogP contribution in [0.15, 0.2) is 23.2 Å². The summed E-state index contributed by atoms with van der Waals surface area (Å²) in [5.41, 5.74) is 8.25. The van der Waals surface area contributed by atoms with Gasteiger partial charge in [0.2, 0.25) is 5.95 Å². The van der Waals surface area contributed by atoms with Crippen LogP contribution in [0, 0.1) is 11.3 Å². The fourth-order valence-corrected chi connectivity index (χ4v) is 5.34. The zero-order valence-electron chi connectivity index (χ0n) is 18.7. The lowest BCUT2D eigenvalue weighted by molar-refractivity contribution is 0.135. The maximum Gasteiger partial charge on any atom is 0.225 e. The van der Waals surface area contributed by atoms with Gasteiger partial charge in [-0.25, -0.2) is 15.4 Å². The van der Waals surface area contributed by atoms with Crippen molar-refractivity contribution in [2.75, 3.05) is 24.2 Å². The fraction of sp³-hybridized carbons (Fsp3) is 0.565. The number of rotatable bonds is 6. The highest BCUT2D eigenvalue weighted by Gasteiger charge is 2.40. The van der Waals surface area contributed by atoms with Crippen molar-refractivity contribution in [1.29, 1.82) is 5.26 Å². The van der Waals surface area contributed by atoms with Crippen molar-refractivity contribution >= 4 is 34.2 Å². The van der Waals surface area contributed by atoms with E-state index in [1.165, 1.54) is 12.8 Å². The molecule has 0 radical (unpaired) electrons. The van der Waals surface area contributed by atoms with Crippen LogP contribution in [0.25, 0.3) is 10.9 Å². The molecule has 2 unspecified atom stereocenters. The third-order valence-electron chi connectivity index (χ3n) is 6.87. The third kappa shape index (κ3) is 4.20. The molecule has 1 aromatic carbocycles. The molecule has 3 fully saturated rings. The molecule has 3 saturated heterocycles. The first-order valence-electron chi connectivity index (χ1n) is 11.6. The van der Waals surface area contributed by atoms with Crippen LogP contribution in [0.2, 0.25) is 0 Å². The van der Waals surface area contributed by atoms with E-state index < -0.39 is 0 Å². The average molecular weight is 434 g/mol. The maximum atomic E-state index is 8.97. The lowest BCUT2D eigenvalue weighted by Gasteiger charge is -2.38. The van der Waals surface area contributed by atoms with Crippen LogP contribution >= 0.6 is 0 Å². The molecule has 9 nitrogen and oxygen atoms in total. The van der Waals surface area contributed by atoms with E-state index in [0.717, 1.165) is 48.2 Å². The summed E-state index contributed by atoms with van der Waals surface area (Å²) < 4.78 is 0. The number of anilines is 2. The SMILES string of the molecule is CNc1ccc2c(N=C3CC(C)NN3)nc(NC3C[C@H]4CC[C@@H](C3)N4CCC#N)nc2c1. The minimum Gasteiger partial charge on any atom is -0.388 e. The molecule has 1 aromatic heterocycles. The van der Waals surface area contributed by atoms with Crippen molar-refractivity contribution in [2.24, 2.45) is 4.99 Å². The molecule has 0 amide bonds. The second-order valence-corrected chi connectivity index (χ2v) is 9.13. The van der Waals surface area contributed by atoms with Crippen molar-refractivity contribution in [3.8, 4) is 6.07 Å². The van der Waals surface area contributed by atoms with Gasteiger partial charge in [0.15, 0.2) is 5.82 Å². The Labute approximate surface area is 188 Å². The third-order valence-corrected chi connectivity index (χ3v) is 6.87. The number of aliphatic imine (C=N–C) groups is 1. The summed E-state index contributed by atoms with van der Waals surface area (Å²) in [7, 11) is 1.91. The van der Waals surface area contributed by atoms with Crippen LogP contribution in [0.3, 0.4) is 0 Å². The second kappa shape index (κ2) is 8.88. The summed E-state index contributed by atoms with van der Waals surface area (Å²) >= 11 is 0. The topological polar surface area (TPSA) is 113 Å². The van der Waals surface area contributed by atoms with E-state index in [2.05, 4.69) is 39.4 Å². The first kappa shape index (κ1) is 20.9. The van der Waals surface area contributed by atoms with Crippen LogP contribution in [-0.2, 0) is 0 Å². The Morgan fingerprint density at radius 2 is 2.06 bits per heavy atom. The molecule has 32 heavy (non-hydrogen) atoms. The van der Waals surface area contributed by atoms with Crippen molar-refractivity contribution in [3.05, 3.63) is 18.2 Å². The zero-order chi connectivity index (χ0) is 22.1. The van der Waals surface area contributed by atoms with Crippen molar-refractivity contribution in [2.45, 2.75) is 69.6 Å². The van der Waals surface area contributed by atoms with Gasteiger partial charge in [-0.1, -0.05) is 0 Å². The Morgan fingerprint density at radius 3 is 2.75 bits per heavy atom. The molecule has 4 N–H and O–H groups in total. The van der Waals surface area contributed by atoms with E-state index in [1.807, 2.05) is 25.2 Å². The Bertz CT molecular complexity index is 1050. The Hall–Kier alpha value is -2.96. The van der Waals surface area contributed by atoms with Gasteiger partial charge in [-0.3, -0.25) is 4.90 Å². The number of fused-ring (bicyclic) bond motifs is 3. The summed E-state index contributed by atoms with van der Waals surface area (Å²) in [5.74, 6) is 2.22. The number of piperidine rings is 1. The molecule has 0 spiro atoms. The number of hydrazine groups is 1. The molecule has 2 bridgehead atoms. The largest absolute Gasteiger partial charge is 0.388 e. The van der Waals surface area contributed by atoms with E-state index in [-0.39, 0.29) is 0 Å². The normalized spacial score (nSPS) is 28.6. The smallest absolute Gasteiger partial charge is 0.225 e. The molecule has 5 rings (SSSR count). The summed E-state index contributed by atoms with van der Waals surface area (Å²) in [6, 6.07) is 10.2. The Balaban J connectivity index is 1.41. The lowest BCUT2D eigenvalue weighted by atomic mass is 9.97. The first-order chi connectivity index (χ1) is 15.6. The van der Waals surface area contributed by atoms with Gasteiger partial charge in [-0.05, 0) is 50.8 Å². The van der Waals surface area contributed by atoms with Crippen LogP contribution in [0.1, 0.15) is 45.4 Å². The summed E-state index contributed by atoms with van der Waals surface area (Å²) in [4.78, 5) is 17.0. The molecule has 0 saturated carbocycles. The van der Waals surface area contributed by atoms with Gasteiger partial charge in [0, 0.05) is 61.7 Å². The number of benzene rings is 1. The number of nitrogens with one attached hydrogen (secondary N) is 4. The highest BCUT2D eigenvalue weighted by Crippen LogP contribution is 2.37. The highest BCUT2D eigenvalue weighted by molar-refractivity contribution is 5.95. The van der Waals surface area contributed by atoms with Crippen molar-refractivity contribution in [1.82, 2.24) is 25.7 Å². The fourth-order valence-electron chi connectivity index (χ4n) is 5.34. The van der Waals surface area contributed by atoms with Gasteiger partial charge in [-0.15, -0.1) is 0 Å². The zero-order valence-corrected chi connectivity index (χ0v) is 18.7. The monoisotopic (exact) mass is 433 g/mol. The molecule has 3 aliphatic rings. The van der Waals surface area contributed by atoms with E-state index >= 15 is 0 Å².